The Kier molecular flexibility index (Phi) is 12.3. The van der Waals surface area contributed by atoms with Crippen LogP contribution in [0.2, 0.25) is 0 Å². The number of likely N-dealkylation sites (tertiary alicyclic amines) is 1. The summed E-state index contributed by atoms with van der Waals surface area (Å²) < 4.78 is 6.09. The molecule has 3 rings (SSSR count). The third-order valence-electron chi connectivity index (χ3n) is 7.37. The second kappa shape index (κ2) is 15.9. The highest BCUT2D eigenvalue weighted by Crippen LogP contribution is 2.24. The molecule has 0 radical (unpaired) electrons. The molecule has 0 bridgehead atoms. The molecule has 0 unspecified atom stereocenters. The summed E-state index contributed by atoms with van der Waals surface area (Å²) in [5.74, 6) is -2.65. The number of aldehydes is 1. The number of nitrogens with one attached hydrogen (secondary N) is 3. The lowest BCUT2D eigenvalue weighted by atomic mass is 9.98. The Morgan fingerprint density at radius 3 is 2.28 bits per heavy atom. The Balaban J connectivity index is 1.78. The van der Waals surface area contributed by atoms with Crippen molar-refractivity contribution in [2.24, 2.45) is 11.8 Å². The highest BCUT2D eigenvalue weighted by Gasteiger charge is 2.44. The van der Waals surface area contributed by atoms with Crippen LogP contribution in [0.5, 0.6) is 0 Å². The standard InChI is InChI=1S/C31H42N6O6/c1-6-22(17-38)34-29(40)25-14-23(43-18-21-10-8-7-9-11-21)16-37(25)31(42)27(20(4)5)36-30(41)26(19(2)3)35-28(39)24-15-32-12-13-33-24/h7-13,15,17,19-20,22-23,25-27H,6,14,16,18H2,1-5H3,(H,34,40)(H,35,39)(H,36,41)/t22-,23+,25-,26-,27-/m0/s1. The van der Waals surface area contributed by atoms with Gasteiger partial charge in [0.2, 0.25) is 17.7 Å². The van der Waals surface area contributed by atoms with Gasteiger partial charge in [-0.25, -0.2) is 4.98 Å². The van der Waals surface area contributed by atoms with Gasteiger partial charge in [0, 0.05) is 25.4 Å². The van der Waals surface area contributed by atoms with Gasteiger partial charge >= 0.3 is 0 Å². The molecule has 1 aromatic carbocycles. The van der Waals surface area contributed by atoms with Crippen molar-refractivity contribution in [3.05, 3.63) is 60.2 Å². The molecule has 1 aliphatic rings. The van der Waals surface area contributed by atoms with E-state index in [1.807, 2.05) is 30.3 Å². The van der Waals surface area contributed by atoms with Crippen molar-refractivity contribution in [1.82, 2.24) is 30.8 Å². The van der Waals surface area contributed by atoms with Gasteiger partial charge in [-0.15, -0.1) is 0 Å². The van der Waals surface area contributed by atoms with Crippen LogP contribution in [-0.2, 0) is 30.5 Å². The number of aromatic nitrogens is 2. The fourth-order valence-corrected chi connectivity index (χ4v) is 4.81. The normalized spacial score (nSPS) is 18.5. The van der Waals surface area contributed by atoms with Gasteiger partial charge in [0.1, 0.15) is 30.1 Å². The Hall–Kier alpha value is -4.19. The van der Waals surface area contributed by atoms with Gasteiger partial charge in [0.25, 0.3) is 5.91 Å². The average molecular weight is 595 g/mol. The summed E-state index contributed by atoms with van der Waals surface area (Å²) >= 11 is 0. The lowest BCUT2D eigenvalue weighted by Gasteiger charge is -2.32. The van der Waals surface area contributed by atoms with Crippen molar-refractivity contribution in [2.45, 2.75) is 84.3 Å². The Morgan fingerprint density at radius 1 is 1.00 bits per heavy atom. The highest BCUT2D eigenvalue weighted by atomic mass is 16.5. The van der Waals surface area contributed by atoms with Gasteiger partial charge < -0.3 is 30.4 Å². The molecule has 0 saturated carbocycles. The van der Waals surface area contributed by atoms with Gasteiger partial charge in [-0.3, -0.25) is 24.2 Å². The SMILES string of the molecule is CC[C@@H](C=O)NC(=O)[C@@H]1C[C@@H](OCc2ccccc2)CN1C(=O)[C@@H](NC(=O)[C@@H](NC(=O)c1cnccn1)C(C)C)C(C)C. The zero-order chi connectivity index (χ0) is 31.5. The summed E-state index contributed by atoms with van der Waals surface area (Å²) in [6.45, 7) is 9.36. The number of hydrogen-bond acceptors (Lipinski definition) is 8. The van der Waals surface area contributed by atoms with E-state index in [4.69, 9.17) is 4.74 Å². The van der Waals surface area contributed by atoms with Crippen LogP contribution in [0.1, 0.15) is 63.5 Å². The maximum Gasteiger partial charge on any atom is 0.272 e. The quantitative estimate of drug-likeness (QED) is 0.279. The number of hydrogen-bond donors (Lipinski definition) is 3. The maximum atomic E-state index is 14.0. The monoisotopic (exact) mass is 594 g/mol. The third kappa shape index (κ3) is 9.15. The predicted molar refractivity (Wildman–Crippen MR) is 158 cm³/mol. The Morgan fingerprint density at radius 2 is 1.70 bits per heavy atom. The molecule has 1 aliphatic heterocycles. The fraction of sp³-hybridized carbons (Fsp3) is 0.516. The maximum absolute atomic E-state index is 14.0. The van der Waals surface area contributed by atoms with E-state index >= 15 is 0 Å². The van der Waals surface area contributed by atoms with Crippen LogP contribution >= 0.6 is 0 Å². The van der Waals surface area contributed by atoms with E-state index in [-0.39, 0.29) is 30.5 Å². The van der Waals surface area contributed by atoms with E-state index < -0.39 is 53.9 Å². The number of nitrogens with zero attached hydrogens (tertiary/aromatic N) is 3. The second-order valence-corrected chi connectivity index (χ2v) is 11.3. The van der Waals surface area contributed by atoms with Crippen molar-refractivity contribution in [1.29, 1.82) is 0 Å². The zero-order valence-electron chi connectivity index (χ0n) is 25.4. The minimum Gasteiger partial charge on any atom is -0.372 e. The molecule has 3 N–H and O–H groups in total. The number of carbonyl (C=O) groups is 5. The van der Waals surface area contributed by atoms with Crippen molar-refractivity contribution < 1.29 is 28.7 Å². The lowest BCUT2D eigenvalue weighted by Crippen LogP contribution is -2.59. The summed E-state index contributed by atoms with van der Waals surface area (Å²) in [4.78, 5) is 74.3. The number of rotatable bonds is 14. The van der Waals surface area contributed by atoms with Gasteiger partial charge in [0.05, 0.1) is 24.9 Å². The zero-order valence-corrected chi connectivity index (χ0v) is 25.4. The molecule has 2 heterocycles. The molecule has 5 atom stereocenters. The molecule has 0 spiro atoms. The number of amides is 4. The molecule has 43 heavy (non-hydrogen) atoms. The molecular formula is C31H42N6O6. The molecule has 232 valence electrons. The first-order valence-corrected chi connectivity index (χ1v) is 14.6. The van der Waals surface area contributed by atoms with Gasteiger partial charge in [-0.2, -0.15) is 0 Å². The first-order chi connectivity index (χ1) is 20.5. The van der Waals surface area contributed by atoms with Crippen LogP contribution in [0.4, 0.5) is 0 Å². The Bertz CT molecular complexity index is 1240. The van der Waals surface area contributed by atoms with E-state index in [0.29, 0.717) is 19.3 Å². The van der Waals surface area contributed by atoms with Crippen molar-refractivity contribution >= 4 is 29.9 Å². The molecule has 1 saturated heterocycles. The summed E-state index contributed by atoms with van der Waals surface area (Å²) in [7, 11) is 0. The molecule has 12 nitrogen and oxygen atoms in total. The van der Waals surface area contributed by atoms with Crippen LogP contribution in [0.15, 0.2) is 48.9 Å². The summed E-state index contributed by atoms with van der Waals surface area (Å²) in [6, 6.07) is 6.05. The van der Waals surface area contributed by atoms with Crippen LogP contribution in [0.3, 0.4) is 0 Å². The molecule has 4 amide bonds. The van der Waals surface area contributed by atoms with Crippen LogP contribution in [-0.4, -0.2) is 81.6 Å². The average Bonchev–Trinajstić information content (AvgIpc) is 3.44. The van der Waals surface area contributed by atoms with E-state index in [1.54, 1.807) is 34.6 Å². The van der Waals surface area contributed by atoms with Crippen LogP contribution < -0.4 is 16.0 Å². The fourth-order valence-electron chi connectivity index (χ4n) is 4.81. The minimum atomic E-state index is -0.988. The van der Waals surface area contributed by atoms with E-state index in [2.05, 4.69) is 25.9 Å². The summed E-state index contributed by atoms with van der Waals surface area (Å²) in [5, 5.41) is 8.22. The summed E-state index contributed by atoms with van der Waals surface area (Å²) in [5.41, 5.74) is 1.02. The molecule has 0 aliphatic carbocycles. The number of benzene rings is 1. The first kappa shape index (κ1) is 33.3. The molecule has 1 fully saturated rings. The van der Waals surface area contributed by atoms with Gasteiger partial charge in [-0.1, -0.05) is 65.0 Å². The Labute approximate surface area is 252 Å². The first-order valence-electron chi connectivity index (χ1n) is 14.6. The van der Waals surface area contributed by atoms with Crippen molar-refractivity contribution in [3.63, 3.8) is 0 Å². The smallest absolute Gasteiger partial charge is 0.272 e. The second-order valence-electron chi connectivity index (χ2n) is 11.3. The van der Waals surface area contributed by atoms with E-state index in [0.717, 1.165) is 5.56 Å². The minimum absolute atomic E-state index is 0.0607. The molecule has 2 aromatic rings. The predicted octanol–water partition coefficient (Wildman–Crippen LogP) is 1.65. The van der Waals surface area contributed by atoms with E-state index in [1.165, 1.54) is 23.5 Å². The van der Waals surface area contributed by atoms with Crippen LogP contribution in [0.25, 0.3) is 0 Å². The molecular weight excluding hydrogens is 552 g/mol. The topological polar surface area (TPSA) is 160 Å². The van der Waals surface area contributed by atoms with E-state index in [9.17, 15) is 24.0 Å². The van der Waals surface area contributed by atoms with Crippen molar-refractivity contribution in [2.75, 3.05) is 6.54 Å². The van der Waals surface area contributed by atoms with Crippen molar-refractivity contribution in [3.8, 4) is 0 Å². The molecule has 12 heteroatoms. The van der Waals surface area contributed by atoms with Gasteiger partial charge in [-0.05, 0) is 23.8 Å². The lowest BCUT2D eigenvalue weighted by molar-refractivity contribution is -0.143. The van der Waals surface area contributed by atoms with Gasteiger partial charge in [0.15, 0.2) is 0 Å². The highest BCUT2D eigenvalue weighted by molar-refractivity contribution is 5.98. The van der Waals surface area contributed by atoms with Crippen LogP contribution in [0, 0.1) is 11.8 Å². The number of ether oxygens (including phenoxy) is 1. The largest absolute Gasteiger partial charge is 0.372 e. The summed E-state index contributed by atoms with van der Waals surface area (Å²) in [6.07, 6.45) is 4.99. The number of carbonyl (C=O) groups excluding carboxylic acids is 5. The third-order valence-corrected chi connectivity index (χ3v) is 7.37. The molecule has 1 aromatic heterocycles.